The van der Waals surface area contributed by atoms with E-state index in [1.807, 2.05) is 53.2 Å². The van der Waals surface area contributed by atoms with Gasteiger partial charge in [-0.1, -0.05) is 29.8 Å². The molecule has 0 aliphatic carbocycles. The minimum absolute atomic E-state index is 0. The van der Waals surface area contributed by atoms with Crippen LogP contribution in [-0.4, -0.2) is 9.38 Å². The smallest absolute Gasteiger partial charge is 0.137 e. The number of imidazole rings is 1. The van der Waals surface area contributed by atoms with Gasteiger partial charge in [-0.05, 0) is 34.1 Å². The van der Waals surface area contributed by atoms with Crippen molar-refractivity contribution in [3.05, 3.63) is 58.3 Å². The molecule has 5 heteroatoms. The third-order valence-electron chi connectivity index (χ3n) is 2.56. The molecule has 0 radical (unpaired) electrons. The molecule has 0 spiro atoms. The Labute approximate surface area is 135 Å². The molecular weight excluding hydrogens is 426 g/mol. The van der Waals surface area contributed by atoms with E-state index in [1.54, 1.807) is 0 Å². The van der Waals surface area contributed by atoms with Crippen molar-refractivity contribution in [1.29, 1.82) is 0 Å². The van der Waals surface area contributed by atoms with Gasteiger partial charge in [0.2, 0.25) is 0 Å². The molecule has 2 heterocycles. The van der Waals surface area contributed by atoms with E-state index >= 15 is 0 Å². The molecule has 1 aromatic carbocycles. The Morgan fingerprint density at radius 3 is 2.61 bits per heavy atom. The molecule has 2 aromatic heterocycles. The summed E-state index contributed by atoms with van der Waals surface area (Å²) in [5.41, 5.74) is 2.74. The van der Waals surface area contributed by atoms with Gasteiger partial charge in [0, 0.05) is 22.4 Å². The van der Waals surface area contributed by atoms with Gasteiger partial charge in [-0.15, -0.1) is 24.0 Å². The Bertz CT molecular complexity index is 696. The predicted molar refractivity (Wildman–Crippen MR) is 88.8 cm³/mol. The van der Waals surface area contributed by atoms with Crippen LogP contribution in [0.3, 0.4) is 0 Å². The van der Waals surface area contributed by atoms with Gasteiger partial charge >= 0.3 is 0 Å². The van der Waals surface area contributed by atoms with Crippen molar-refractivity contribution in [2.45, 2.75) is 0 Å². The Balaban J connectivity index is 0.00000120. The fourth-order valence-corrected chi connectivity index (χ4v) is 2.35. The number of rotatable bonds is 1. The highest BCUT2D eigenvalue weighted by molar-refractivity contribution is 14.0. The van der Waals surface area contributed by atoms with Crippen LogP contribution in [-0.2, 0) is 0 Å². The third-order valence-corrected chi connectivity index (χ3v) is 3.36. The molecule has 0 saturated carbocycles. The second-order valence-corrected chi connectivity index (χ2v) is 5.04. The summed E-state index contributed by atoms with van der Waals surface area (Å²) in [7, 11) is 0. The Kier molecular flexibility index (Phi) is 4.29. The molecule has 3 aromatic rings. The summed E-state index contributed by atoms with van der Waals surface area (Å²) in [6.45, 7) is 0. The van der Waals surface area contributed by atoms with Crippen molar-refractivity contribution < 1.29 is 0 Å². The van der Waals surface area contributed by atoms with Gasteiger partial charge in [-0.2, -0.15) is 0 Å². The molecular formula is C13H9BrClIN2. The van der Waals surface area contributed by atoms with Gasteiger partial charge in [-0.25, -0.2) is 4.98 Å². The average Bonchev–Trinajstić information content (AvgIpc) is 2.72. The van der Waals surface area contributed by atoms with E-state index in [2.05, 4.69) is 20.9 Å². The maximum atomic E-state index is 6.16. The lowest BCUT2D eigenvalue weighted by Crippen LogP contribution is -1.80. The summed E-state index contributed by atoms with van der Waals surface area (Å²) in [5, 5.41) is 0.718. The molecule has 0 atom stereocenters. The SMILES string of the molecule is Clc1ccccc1-c1cn2cc(Br)ccc2n1.I. The van der Waals surface area contributed by atoms with Crippen molar-refractivity contribution >= 4 is 57.2 Å². The topological polar surface area (TPSA) is 17.3 Å². The number of hydrogen-bond donors (Lipinski definition) is 0. The van der Waals surface area contributed by atoms with Crippen molar-refractivity contribution in [3.63, 3.8) is 0 Å². The van der Waals surface area contributed by atoms with Crippen LogP contribution >= 0.6 is 51.5 Å². The second-order valence-electron chi connectivity index (χ2n) is 3.72. The first-order valence-corrected chi connectivity index (χ1v) is 6.30. The number of fused-ring (bicyclic) bond motifs is 1. The standard InChI is InChI=1S/C13H8BrClN2.HI/c14-9-5-6-13-16-12(8-17(13)7-9)10-3-1-2-4-11(10)15;/h1-8H;1H. The normalized spacial score (nSPS) is 10.3. The highest BCUT2D eigenvalue weighted by Gasteiger charge is 2.07. The van der Waals surface area contributed by atoms with E-state index in [4.69, 9.17) is 11.6 Å². The summed E-state index contributed by atoms with van der Waals surface area (Å²) < 4.78 is 3.00. The van der Waals surface area contributed by atoms with Crippen LogP contribution in [0, 0.1) is 0 Å². The summed E-state index contributed by atoms with van der Waals surface area (Å²) in [6.07, 6.45) is 3.95. The average molecular weight is 435 g/mol. The molecule has 3 rings (SSSR count). The zero-order chi connectivity index (χ0) is 11.8. The molecule has 2 nitrogen and oxygen atoms in total. The third kappa shape index (κ3) is 2.55. The molecule has 0 aliphatic rings. The monoisotopic (exact) mass is 434 g/mol. The van der Waals surface area contributed by atoms with Crippen LogP contribution in [0.15, 0.2) is 53.3 Å². The second kappa shape index (κ2) is 5.59. The minimum atomic E-state index is 0. The van der Waals surface area contributed by atoms with E-state index in [1.165, 1.54) is 0 Å². The number of pyridine rings is 1. The summed E-state index contributed by atoms with van der Waals surface area (Å²) in [5.74, 6) is 0. The molecule has 0 amide bonds. The first-order valence-electron chi connectivity index (χ1n) is 5.13. The zero-order valence-electron chi connectivity index (χ0n) is 9.18. The van der Waals surface area contributed by atoms with E-state index < -0.39 is 0 Å². The fraction of sp³-hybridized carbons (Fsp3) is 0. The summed E-state index contributed by atoms with van der Waals surface area (Å²) in [6, 6.07) is 11.7. The molecule has 0 N–H and O–H groups in total. The van der Waals surface area contributed by atoms with Gasteiger partial charge in [0.05, 0.1) is 10.7 Å². The summed E-state index contributed by atoms with van der Waals surface area (Å²) in [4.78, 5) is 4.54. The number of nitrogens with zero attached hydrogens (tertiary/aromatic N) is 2. The molecule has 18 heavy (non-hydrogen) atoms. The van der Waals surface area contributed by atoms with Gasteiger partial charge in [0.15, 0.2) is 0 Å². The molecule has 0 fully saturated rings. The van der Waals surface area contributed by atoms with E-state index in [0.29, 0.717) is 0 Å². The van der Waals surface area contributed by atoms with Gasteiger partial charge in [0.1, 0.15) is 5.65 Å². The van der Waals surface area contributed by atoms with Crippen LogP contribution in [0.2, 0.25) is 5.02 Å². The number of hydrogen-bond acceptors (Lipinski definition) is 1. The lowest BCUT2D eigenvalue weighted by molar-refractivity contribution is 1.17. The van der Waals surface area contributed by atoms with Crippen molar-refractivity contribution in [3.8, 4) is 11.3 Å². The molecule has 0 saturated heterocycles. The lowest BCUT2D eigenvalue weighted by Gasteiger charge is -1.97. The first kappa shape index (κ1) is 13.8. The minimum Gasteiger partial charge on any atom is -0.305 e. The van der Waals surface area contributed by atoms with E-state index in [9.17, 15) is 0 Å². The Hall–Kier alpha value is -0.590. The summed E-state index contributed by atoms with van der Waals surface area (Å²) >= 11 is 9.60. The highest BCUT2D eigenvalue weighted by atomic mass is 127. The maximum Gasteiger partial charge on any atom is 0.137 e. The maximum absolute atomic E-state index is 6.16. The van der Waals surface area contributed by atoms with E-state index in [-0.39, 0.29) is 24.0 Å². The van der Waals surface area contributed by atoms with Crippen LogP contribution in [0.4, 0.5) is 0 Å². The van der Waals surface area contributed by atoms with Crippen molar-refractivity contribution in [1.82, 2.24) is 9.38 Å². The van der Waals surface area contributed by atoms with Crippen molar-refractivity contribution in [2.24, 2.45) is 0 Å². The predicted octanol–water partition coefficient (Wildman–Crippen LogP) is 5.04. The largest absolute Gasteiger partial charge is 0.305 e. The highest BCUT2D eigenvalue weighted by Crippen LogP contribution is 2.27. The molecule has 0 bridgehead atoms. The fourth-order valence-electron chi connectivity index (χ4n) is 1.76. The zero-order valence-corrected chi connectivity index (χ0v) is 13.8. The first-order chi connectivity index (χ1) is 8.24. The van der Waals surface area contributed by atoms with Crippen LogP contribution in [0.1, 0.15) is 0 Å². The van der Waals surface area contributed by atoms with E-state index in [0.717, 1.165) is 26.4 Å². The molecule has 92 valence electrons. The lowest BCUT2D eigenvalue weighted by atomic mass is 10.2. The van der Waals surface area contributed by atoms with Gasteiger partial charge < -0.3 is 4.40 Å². The van der Waals surface area contributed by atoms with Crippen LogP contribution in [0.5, 0.6) is 0 Å². The Morgan fingerprint density at radius 2 is 1.83 bits per heavy atom. The number of benzene rings is 1. The quantitative estimate of drug-likeness (QED) is 0.490. The van der Waals surface area contributed by atoms with Crippen LogP contribution in [0.25, 0.3) is 16.9 Å². The number of aromatic nitrogens is 2. The van der Waals surface area contributed by atoms with Gasteiger partial charge in [-0.3, -0.25) is 0 Å². The molecule has 0 aliphatic heterocycles. The number of halogens is 3. The molecule has 0 unspecified atom stereocenters. The van der Waals surface area contributed by atoms with Crippen LogP contribution < -0.4 is 0 Å². The van der Waals surface area contributed by atoms with Gasteiger partial charge in [0.25, 0.3) is 0 Å². The Morgan fingerprint density at radius 1 is 1.06 bits per heavy atom. The van der Waals surface area contributed by atoms with Crippen molar-refractivity contribution in [2.75, 3.05) is 0 Å².